The molecule has 4 heterocycles. The standard InChI is InChI=1S/C27H32N6O3/c34-24-10-6-16-30(24)17-7-13-28-25(35)21-11-18-32(19-12-21)27(36)23-20-29-33(22-8-2-1-3-9-22)26(23)31-14-4-5-15-31/h1-5,8-9,14-15,20-21H,6-7,10-13,16-19H2,(H,28,35). The number of rotatable bonds is 8. The number of hydrogen-bond donors (Lipinski definition) is 1. The van der Waals surface area contributed by atoms with Crippen LogP contribution in [0.2, 0.25) is 0 Å². The third-order valence-corrected chi connectivity index (χ3v) is 7.05. The first kappa shape index (κ1) is 23.8. The monoisotopic (exact) mass is 488 g/mol. The summed E-state index contributed by atoms with van der Waals surface area (Å²) >= 11 is 0. The molecule has 1 N–H and O–H groups in total. The quantitative estimate of drug-likeness (QED) is 0.494. The predicted octanol–water partition coefficient (Wildman–Crippen LogP) is 2.64. The summed E-state index contributed by atoms with van der Waals surface area (Å²) in [6.07, 6.45) is 9.05. The lowest BCUT2D eigenvalue weighted by atomic mass is 9.95. The fourth-order valence-electron chi connectivity index (χ4n) is 5.06. The molecule has 0 unspecified atom stereocenters. The van der Waals surface area contributed by atoms with Gasteiger partial charge in [0.15, 0.2) is 5.82 Å². The summed E-state index contributed by atoms with van der Waals surface area (Å²) in [5.74, 6) is 0.786. The van der Waals surface area contributed by atoms with Crippen molar-refractivity contribution < 1.29 is 14.4 Å². The fourth-order valence-corrected chi connectivity index (χ4v) is 5.06. The van der Waals surface area contributed by atoms with Crippen molar-refractivity contribution in [3.8, 4) is 11.5 Å². The number of carbonyl (C=O) groups is 3. The second-order valence-corrected chi connectivity index (χ2v) is 9.41. The highest BCUT2D eigenvalue weighted by molar-refractivity contribution is 5.97. The zero-order valence-electron chi connectivity index (χ0n) is 20.4. The van der Waals surface area contributed by atoms with Crippen LogP contribution in [0.25, 0.3) is 11.5 Å². The van der Waals surface area contributed by atoms with Crippen LogP contribution >= 0.6 is 0 Å². The number of para-hydroxylation sites is 1. The molecule has 0 radical (unpaired) electrons. The van der Waals surface area contributed by atoms with Crippen LogP contribution < -0.4 is 5.32 Å². The molecular formula is C27H32N6O3. The molecule has 2 aliphatic rings. The summed E-state index contributed by atoms with van der Waals surface area (Å²) in [4.78, 5) is 41.6. The fraction of sp³-hybridized carbons (Fsp3) is 0.407. The van der Waals surface area contributed by atoms with E-state index in [0.717, 1.165) is 25.1 Å². The smallest absolute Gasteiger partial charge is 0.259 e. The van der Waals surface area contributed by atoms with Gasteiger partial charge in [0, 0.05) is 57.5 Å². The molecule has 5 rings (SSSR count). The normalized spacial score (nSPS) is 16.5. The van der Waals surface area contributed by atoms with Gasteiger partial charge in [0.05, 0.1) is 11.9 Å². The van der Waals surface area contributed by atoms with Gasteiger partial charge in [0.25, 0.3) is 5.91 Å². The minimum Gasteiger partial charge on any atom is -0.356 e. The highest BCUT2D eigenvalue weighted by atomic mass is 16.2. The molecule has 3 aromatic rings. The van der Waals surface area contributed by atoms with E-state index in [0.29, 0.717) is 56.8 Å². The third-order valence-electron chi connectivity index (χ3n) is 7.05. The van der Waals surface area contributed by atoms with Gasteiger partial charge in [-0.3, -0.25) is 14.4 Å². The summed E-state index contributed by atoms with van der Waals surface area (Å²) in [5.41, 5.74) is 1.42. The van der Waals surface area contributed by atoms with E-state index >= 15 is 0 Å². The highest BCUT2D eigenvalue weighted by Crippen LogP contribution is 2.24. The van der Waals surface area contributed by atoms with Gasteiger partial charge in [-0.2, -0.15) is 5.10 Å². The van der Waals surface area contributed by atoms with Gasteiger partial charge in [-0.15, -0.1) is 0 Å². The predicted molar refractivity (Wildman–Crippen MR) is 135 cm³/mol. The maximum atomic E-state index is 13.5. The largest absolute Gasteiger partial charge is 0.356 e. The van der Waals surface area contributed by atoms with Crippen molar-refractivity contribution in [3.05, 3.63) is 66.6 Å². The van der Waals surface area contributed by atoms with E-state index in [2.05, 4.69) is 10.4 Å². The molecule has 0 spiro atoms. The van der Waals surface area contributed by atoms with Crippen molar-refractivity contribution in [1.29, 1.82) is 0 Å². The minimum atomic E-state index is -0.0987. The highest BCUT2D eigenvalue weighted by Gasteiger charge is 2.30. The van der Waals surface area contributed by atoms with Gasteiger partial charge in [0.2, 0.25) is 11.8 Å². The molecule has 0 aliphatic carbocycles. The van der Waals surface area contributed by atoms with Crippen molar-refractivity contribution in [1.82, 2.24) is 29.5 Å². The van der Waals surface area contributed by atoms with Crippen LogP contribution in [0.15, 0.2) is 61.1 Å². The van der Waals surface area contributed by atoms with Crippen LogP contribution in [-0.4, -0.2) is 74.6 Å². The Kier molecular flexibility index (Phi) is 7.16. The number of carbonyl (C=O) groups excluding carboxylic acids is 3. The van der Waals surface area contributed by atoms with Crippen LogP contribution in [0.1, 0.15) is 42.5 Å². The second kappa shape index (κ2) is 10.8. The molecule has 2 aliphatic heterocycles. The SMILES string of the molecule is O=C(NCCCN1CCCC1=O)C1CCN(C(=O)c2cnn(-c3ccccc3)c2-n2cccc2)CC1. The van der Waals surface area contributed by atoms with Gasteiger partial charge in [0.1, 0.15) is 5.56 Å². The molecule has 36 heavy (non-hydrogen) atoms. The Bertz CT molecular complexity index is 1200. The Hall–Kier alpha value is -3.88. The van der Waals surface area contributed by atoms with Crippen molar-refractivity contribution in [2.24, 2.45) is 5.92 Å². The van der Waals surface area contributed by atoms with Gasteiger partial charge in [-0.25, -0.2) is 4.68 Å². The lowest BCUT2D eigenvalue weighted by Gasteiger charge is -2.31. The number of piperidine rings is 1. The summed E-state index contributed by atoms with van der Waals surface area (Å²) < 4.78 is 3.69. The molecule has 0 saturated carbocycles. The topological polar surface area (TPSA) is 92.5 Å². The summed E-state index contributed by atoms with van der Waals surface area (Å²) in [5, 5.41) is 7.56. The van der Waals surface area contributed by atoms with E-state index in [4.69, 9.17) is 0 Å². The summed E-state index contributed by atoms with van der Waals surface area (Å²) in [6.45, 7) is 3.16. The average Bonchev–Trinajstić information content (AvgIpc) is 3.68. The van der Waals surface area contributed by atoms with Gasteiger partial charge < -0.3 is 19.7 Å². The van der Waals surface area contributed by atoms with E-state index in [-0.39, 0.29) is 23.6 Å². The zero-order valence-corrected chi connectivity index (χ0v) is 20.4. The second-order valence-electron chi connectivity index (χ2n) is 9.41. The lowest BCUT2D eigenvalue weighted by molar-refractivity contribution is -0.127. The molecule has 2 saturated heterocycles. The molecular weight excluding hydrogens is 456 g/mol. The Balaban J connectivity index is 1.18. The molecule has 0 atom stereocenters. The first-order valence-corrected chi connectivity index (χ1v) is 12.7. The van der Waals surface area contributed by atoms with E-state index < -0.39 is 0 Å². The van der Waals surface area contributed by atoms with E-state index in [1.54, 1.807) is 10.9 Å². The third kappa shape index (κ3) is 5.05. The van der Waals surface area contributed by atoms with Crippen molar-refractivity contribution >= 4 is 17.7 Å². The van der Waals surface area contributed by atoms with Crippen LogP contribution in [0, 0.1) is 5.92 Å². The minimum absolute atomic E-state index is 0.0415. The Labute approximate surface area is 210 Å². The molecule has 1 aromatic carbocycles. The molecule has 9 nitrogen and oxygen atoms in total. The molecule has 3 amide bonds. The number of nitrogens with zero attached hydrogens (tertiary/aromatic N) is 5. The average molecular weight is 489 g/mol. The van der Waals surface area contributed by atoms with Crippen LogP contribution in [0.4, 0.5) is 0 Å². The first-order chi connectivity index (χ1) is 17.6. The Morgan fingerprint density at radius 1 is 1.00 bits per heavy atom. The summed E-state index contributed by atoms with van der Waals surface area (Å²) in [6, 6.07) is 13.6. The van der Waals surface area contributed by atoms with Crippen LogP contribution in [-0.2, 0) is 9.59 Å². The number of nitrogens with one attached hydrogen (secondary N) is 1. The number of benzene rings is 1. The van der Waals surface area contributed by atoms with Crippen molar-refractivity contribution in [2.75, 3.05) is 32.7 Å². The van der Waals surface area contributed by atoms with E-state index in [1.165, 1.54) is 0 Å². The van der Waals surface area contributed by atoms with Crippen LogP contribution in [0.3, 0.4) is 0 Å². The molecule has 2 aromatic heterocycles. The first-order valence-electron chi connectivity index (χ1n) is 12.7. The summed E-state index contributed by atoms with van der Waals surface area (Å²) in [7, 11) is 0. The Morgan fingerprint density at radius 2 is 1.75 bits per heavy atom. The van der Waals surface area contributed by atoms with E-state index in [9.17, 15) is 14.4 Å². The van der Waals surface area contributed by atoms with Crippen molar-refractivity contribution in [3.63, 3.8) is 0 Å². The number of likely N-dealkylation sites (tertiary alicyclic amines) is 2. The number of amides is 3. The maximum Gasteiger partial charge on any atom is 0.259 e. The van der Waals surface area contributed by atoms with Gasteiger partial charge in [-0.1, -0.05) is 18.2 Å². The zero-order chi connectivity index (χ0) is 24.9. The number of hydrogen-bond acceptors (Lipinski definition) is 4. The lowest BCUT2D eigenvalue weighted by Crippen LogP contribution is -2.43. The van der Waals surface area contributed by atoms with Gasteiger partial charge in [-0.05, 0) is 49.9 Å². The van der Waals surface area contributed by atoms with Crippen LogP contribution in [0.5, 0.6) is 0 Å². The van der Waals surface area contributed by atoms with E-state index in [1.807, 2.05) is 69.2 Å². The molecule has 2 fully saturated rings. The van der Waals surface area contributed by atoms with Crippen molar-refractivity contribution in [2.45, 2.75) is 32.1 Å². The molecule has 0 bridgehead atoms. The maximum absolute atomic E-state index is 13.5. The molecule has 188 valence electrons. The van der Waals surface area contributed by atoms with Gasteiger partial charge >= 0.3 is 0 Å². The Morgan fingerprint density at radius 3 is 2.44 bits per heavy atom. The molecule has 9 heteroatoms. The number of aromatic nitrogens is 3.